The normalized spacial score (nSPS) is 21.6. The maximum absolute atomic E-state index is 6.14. The summed E-state index contributed by atoms with van der Waals surface area (Å²) >= 11 is 0. The zero-order valence-electron chi connectivity index (χ0n) is 15.8. The molecule has 1 aromatic carbocycles. The van der Waals surface area contributed by atoms with Crippen molar-refractivity contribution in [2.24, 2.45) is 16.6 Å². The molecule has 0 aromatic heterocycles. The van der Waals surface area contributed by atoms with E-state index in [1.165, 1.54) is 56.3 Å². The lowest BCUT2D eigenvalue weighted by Gasteiger charge is -2.42. The number of rotatable bonds is 4. The average Bonchev–Trinajstić information content (AvgIpc) is 3.01. The molecule has 1 aliphatic heterocycles. The number of nitrogens with one attached hydrogen (secondary N) is 1. The van der Waals surface area contributed by atoms with Gasteiger partial charge in [0.1, 0.15) is 0 Å². The van der Waals surface area contributed by atoms with Crippen LogP contribution in [0.5, 0.6) is 0 Å². The molecule has 0 bridgehead atoms. The first-order valence-electron chi connectivity index (χ1n) is 9.38. The van der Waals surface area contributed by atoms with Gasteiger partial charge in [-0.2, -0.15) is 0 Å². The van der Waals surface area contributed by atoms with Crippen LogP contribution in [0.1, 0.15) is 51.2 Å². The molecule has 3 rings (SSSR count). The second-order valence-corrected chi connectivity index (χ2v) is 8.17. The summed E-state index contributed by atoms with van der Waals surface area (Å²) in [6, 6.07) is 6.56. The number of halogens is 1. The van der Waals surface area contributed by atoms with Gasteiger partial charge in [0, 0.05) is 17.8 Å². The smallest absolute Gasteiger partial charge is 0.193 e. The number of likely N-dealkylation sites (tertiary alicyclic amines) is 1. The minimum absolute atomic E-state index is 0. The minimum Gasteiger partial charge on any atom is -0.370 e. The van der Waals surface area contributed by atoms with Crippen molar-refractivity contribution in [1.82, 2.24) is 4.90 Å². The number of aryl methyl sites for hydroxylation is 2. The predicted molar refractivity (Wildman–Crippen MR) is 118 cm³/mol. The minimum atomic E-state index is 0. The molecule has 0 radical (unpaired) electrons. The number of piperidine rings is 1. The van der Waals surface area contributed by atoms with Gasteiger partial charge in [-0.05, 0) is 81.7 Å². The van der Waals surface area contributed by atoms with Gasteiger partial charge in [0.05, 0.1) is 6.54 Å². The van der Waals surface area contributed by atoms with Gasteiger partial charge in [0.15, 0.2) is 5.96 Å². The van der Waals surface area contributed by atoms with Crippen LogP contribution in [0.4, 0.5) is 5.69 Å². The van der Waals surface area contributed by atoms with Gasteiger partial charge in [-0.1, -0.05) is 13.0 Å². The molecule has 1 heterocycles. The first-order chi connectivity index (χ1) is 11.4. The average molecular weight is 456 g/mol. The summed E-state index contributed by atoms with van der Waals surface area (Å²) in [4.78, 5) is 7.19. The number of benzene rings is 1. The number of hydrogen-bond acceptors (Lipinski definition) is 2. The van der Waals surface area contributed by atoms with Crippen molar-refractivity contribution in [3.63, 3.8) is 0 Å². The van der Waals surface area contributed by atoms with Crippen LogP contribution >= 0.6 is 24.0 Å². The Morgan fingerprint density at radius 3 is 2.80 bits per heavy atom. The third kappa shape index (κ3) is 5.33. The number of anilines is 1. The number of aliphatic imine (C=N–C) groups is 1. The lowest BCUT2D eigenvalue weighted by Crippen LogP contribution is -2.51. The summed E-state index contributed by atoms with van der Waals surface area (Å²) in [5, 5.41) is 3.27. The lowest BCUT2D eigenvalue weighted by atomic mass is 9.94. The summed E-state index contributed by atoms with van der Waals surface area (Å²) in [6.45, 7) is 9.96. The summed E-state index contributed by atoms with van der Waals surface area (Å²) in [5.41, 5.74) is 10.2. The maximum Gasteiger partial charge on any atom is 0.193 e. The van der Waals surface area contributed by atoms with Gasteiger partial charge < -0.3 is 11.1 Å². The van der Waals surface area contributed by atoms with Crippen LogP contribution in [0.3, 0.4) is 0 Å². The third-order valence-electron chi connectivity index (χ3n) is 5.52. The van der Waals surface area contributed by atoms with Crippen molar-refractivity contribution in [1.29, 1.82) is 0 Å². The Bertz CT molecular complexity index is 612. The highest BCUT2D eigenvalue weighted by Crippen LogP contribution is 2.25. The van der Waals surface area contributed by atoms with Crippen LogP contribution < -0.4 is 11.1 Å². The fourth-order valence-electron chi connectivity index (χ4n) is 3.95. The molecular formula is C20H33IN4. The zero-order valence-corrected chi connectivity index (χ0v) is 18.2. The van der Waals surface area contributed by atoms with Gasteiger partial charge in [0.2, 0.25) is 0 Å². The molecule has 0 saturated carbocycles. The molecule has 1 saturated heterocycles. The SMILES string of the molecule is CC1CCCN(C(C)(C)CN=C(N)Nc2ccc3c(c2)CCC3)C1.I. The molecule has 4 nitrogen and oxygen atoms in total. The Labute approximate surface area is 169 Å². The Kier molecular flexibility index (Phi) is 7.14. The number of hydrogen-bond donors (Lipinski definition) is 2. The van der Waals surface area contributed by atoms with Crippen LogP contribution in [-0.2, 0) is 12.8 Å². The summed E-state index contributed by atoms with van der Waals surface area (Å²) in [5.74, 6) is 1.30. The molecule has 140 valence electrons. The predicted octanol–water partition coefficient (Wildman–Crippen LogP) is 4.03. The van der Waals surface area contributed by atoms with Crippen LogP contribution in [-0.4, -0.2) is 36.0 Å². The Morgan fingerprint density at radius 2 is 2.04 bits per heavy atom. The van der Waals surface area contributed by atoms with E-state index >= 15 is 0 Å². The van der Waals surface area contributed by atoms with Gasteiger partial charge in [-0.25, -0.2) is 0 Å². The lowest BCUT2D eigenvalue weighted by molar-refractivity contribution is 0.0775. The first-order valence-corrected chi connectivity index (χ1v) is 9.38. The fourth-order valence-corrected chi connectivity index (χ4v) is 3.95. The molecule has 1 aliphatic carbocycles. The highest BCUT2D eigenvalue weighted by atomic mass is 127. The Hall–Kier alpha value is -0.820. The molecule has 5 heteroatoms. The van der Waals surface area contributed by atoms with E-state index in [1.807, 2.05) is 0 Å². The van der Waals surface area contributed by atoms with E-state index in [1.54, 1.807) is 0 Å². The second-order valence-electron chi connectivity index (χ2n) is 8.17. The molecule has 1 unspecified atom stereocenters. The standard InChI is InChI=1S/C20H32N4.HI/c1-15-6-5-11-24(13-15)20(2,3)14-22-19(21)23-18-10-9-16-7-4-8-17(16)12-18;/h9-10,12,15H,4-8,11,13-14H2,1-3H3,(H3,21,22,23);1H. The number of nitrogens with two attached hydrogens (primary N) is 1. The molecule has 0 amide bonds. The van der Waals surface area contributed by atoms with E-state index < -0.39 is 0 Å². The molecule has 1 fully saturated rings. The summed E-state index contributed by atoms with van der Waals surface area (Å²) in [7, 11) is 0. The van der Waals surface area contributed by atoms with Gasteiger partial charge in [-0.3, -0.25) is 9.89 Å². The molecule has 0 spiro atoms. The van der Waals surface area contributed by atoms with Crippen molar-refractivity contribution < 1.29 is 0 Å². The number of fused-ring (bicyclic) bond motifs is 1. The van der Waals surface area contributed by atoms with Gasteiger partial charge in [0.25, 0.3) is 0 Å². The quantitative estimate of drug-likeness (QED) is 0.409. The van der Waals surface area contributed by atoms with Gasteiger partial charge >= 0.3 is 0 Å². The summed E-state index contributed by atoms with van der Waals surface area (Å²) in [6.07, 6.45) is 6.30. The molecule has 3 N–H and O–H groups in total. The van der Waals surface area contributed by atoms with Crippen LogP contribution in [0.15, 0.2) is 23.2 Å². The third-order valence-corrected chi connectivity index (χ3v) is 5.52. The van der Waals surface area contributed by atoms with E-state index in [2.05, 4.69) is 54.2 Å². The topological polar surface area (TPSA) is 53.6 Å². The highest BCUT2D eigenvalue weighted by Gasteiger charge is 2.29. The largest absolute Gasteiger partial charge is 0.370 e. The fraction of sp³-hybridized carbons (Fsp3) is 0.650. The number of guanidine groups is 1. The second kappa shape index (κ2) is 8.71. The van der Waals surface area contributed by atoms with Crippen molar-refractivity contribution >= 4 is 35.6 Å². The van der Waals surface area contributed by atoms with Gasteiger partial charge in [-0.15, -0.1) is 24.0 Å². The maximum atomic E-state index is 6.14. The van der Waals surface area contributed by atoms with Crippen molar-refractivity contribution in [2.45, 2.75) is 58.4 Å². The van der Waals surface area contributed by atoms with Crippen LogP contribution in [0.2, 0.25) is 0 Å². The zero-order chi connectivity index (χ0) is 17.2. The monoisotopic (exact) mass is 456 g/mol. The van der Waals surface area contributed by atoms with E-state index in [-0.39, 0.29) is 29.5 Å². The van der Waals surface area contributed by atoms with Crippen molar-refractivity contribution in [3.05, 3.63) is 29.3 Å². The Balaban J connectivity index is 0.00000225. The van der Waals surface area contributed by atoms with E-state index in [0.717, 1.165) is 18.2 Å². The Morgan fingerprint density at radius 1 is 1.28 bits per heavy atom. The molecule has 1 atom stereocenters. The van der Waals surface area contributed by atoms with Crippen LogP contribution in [0.25, 0.3) is 0 Å². The highest BCUT2D eigenvalue weighted by molar-refractivity contribution is 14.0. The molecule has 1 aromatic rings. The summed E-state index contributed by atoms with van der Waals surface area (Å²) < 4.78 is 0. The van der Waals surface area contributed by atoms with Crippen LogP contribution in [0, 0.1) is 5.92 Å². The first kappa shape index (κ1) is 20.5. The van der Waals surface area contributed by atoms with E-state index in [0.29, 0.717) is 5.96 Å². The molecule has 2 aliphatic rings. The van der Waals surface area contributed by atoms with E-state index in [9.17, 15) is 0 Å². The van der Waals surface area contributed by atoms with Crippen molar-refractivity contribution in [3.8, 4) is 0 Å². The number of nitrogens with zero attached hydrogens (tertiary/aromatic N) is 2. The molecular weight excluding hydrogens is 423 g/mol. The molecule has 25 heavy (non-hydrogen) atoms. The van der Waals surface area contributed by atoms with E-state index in [4.69, 9.17) is 5.73 Å². The van der Waals surface area contributed by atoms with Crippen molar-refractivity contribution in [2.75, 3.05) is 25.0 Å².